The summed E-state index contributed by atoms with van der Waals surface area (Å²) in [6, 6.07) is 8.12. The fraction of sp³-hybridized carbons (Fsp3) is 0.630. The molecule has 5 nitrogen and oxygen atoms in total. The van der Waals surface area contributed by atoms with Gasteiger partial charge >= 0.3 is 11.9 Å². The molecule has 6 heteroatoms. The Kier molecular flexibility index (Phi) is 12.0. The van der Waals surface area contributed by atoms with E-state index in [4.69, 9.17) is 16.3 Å². The topological polar surface area (TPSA) is 72.8 Å². The summed E-state index contributed by atoms with van der Waals surface area (Å²) in [4.78, 5) is 22.8. The predicted molar refractivity (Wildman–Crippen MR) is 131 cm³/mol. The van der Waals surface area contributed by atoms with Crippen molar-refractivity contribution in [2.45, 2.75) is 95.1 Å². The van der Waals surface area contributed by atoms with E-state index in [0.29, 0.717) is 12.8 Å². The quantitative estimate of drug-likeness (QED) is 0.157. The molecule has 0 spiro atoms. The van der Waals surface area contributed by atoms with E-state index in [1.54, 1.807) is 0 Å². The highest BCUT2D eigenvalue weighted by Gasteiger charge is 2.41. The maximum atomic E-state index is 11.6. The Morgan fingerprint density at radius 2 is 1.91 bits per heavy atom. The number of allylic oxidation sites excluding steroid dienone is 2. The van der Waals surface area contributed by atoms with Crippen LogP contribution in [0.25, 0.3) is 0 Å². The summed E-state index contributed by atoms with van der Waals surface area (Å²) in [6.07, 6.45) is 10.9. The van der Waals surface area contributed by atoms with Gasteiger partial charge in [-0.1, -0.05) is 56.2 Å². The van der Waals surface area contributed by atoms with Crippen molar-refractivity contribution in [3.05, 3.63) is 47.5 Å². The third kappa shape index (κ3) is 8.78. The Labute approximate surface area is 203 Å². The predicted octanol–water partition coefficient (Wildman–Crippen LogP) is 6.23. The minimum absolute atomic E-state index is 0.0338. The first-order chi connectivity index (χ1) is 15.9. The van der Waals surface area contributed by atoms with Crippen molar-refractivity contribution in [2.24, 2.45) is 5.92 Å². The van der Waals surface area contributed by atoms with Crippen molar-refractivity contribution >= 4 is 23.5 Å². The highest BCUT2D eigenvalue weighted by molar-refractivity contribution is 6.21. The van der Waals surface area contributed by atoms with Crippen molar-refractivity contribution in [1.82, 2.24) is 0 Å². The van der Waals surface area contributed by atoms with Crippen LogP contribution in [0, 0.1) is 5.92 Å². The Morgan fingerprint density at radius 3 is 2.55 bits per heavy atom. The molecule has 0 amide bonds. The van der Waals surface area contributed by atoms with Gasteiger partial charge in [0.05, 0.1) is 13.2 Å². The van der Waals surface area contributed by atoms with Gasteiger partial charge in [0.25, 0.3) is 0 Å². The summed E-state index contributed by atoms with van der Waals surface area (Å²) in [7, 11) is 1.40. The van der Waals surface area contributed by atoms with Crippen molar-refractivity contribution < 1.29 is 24.2 Å². The molecule has 1 aromatic carbocycles. The van der Waals surface area contributed by atoms with E-state index < -0.39 is 6.10 Å². The highest BCUT2D eigenvalue weighted by Crippen LogP contribution is 2.45. The Morgan fingerprint density at radius 1 is 1.18 bits per heavy atom. The first-order valence-corrected chi connectivity index (χ1v) is 12.6. The largest absolute Gasteiger partial charge is 0.469 e. The van der Waals surface area contributed by atoms with Crippen LogP contribution in [0.4, 0.5) is 0 Å². The van der Waals surface area contributed by atoms with Crippen LogP contribution in [0.1, 0.15) is 94.8 Å². The molecule has 1 aliphatic carbocycles. The number of hydrogen-bond acceptors (Lipinski definition) is 5. The number of methoxy groups -OCH3 is 1. The zero-order valence-corrected chi connectivity index (χ0v) is 20.9. The highest BCUT2D eigenvalue weighted by atomic mass is 35.5. The second kappa shape index (κ2) is 14.4. The third-order valence-corrected chi connectivity index (χ3v) is 6.93. The summed E-state index contributed by atoms with van der Waals surface area (Å²) in [5.41, 5.74) is 2.05. The molecule has 2 unspecified atom stereocenters. The van der Waals surface area contributed by atoms with Crippen molar-refractivity contribution in [1.29, 1.82) is 0 Å². The Balaban J connectivity index is 2.03. The number of alkyl halides is 1. The average Bonchev–Trinajstić information content (AvgIpc) is 3.07. The van der Waals surface area contributed by atoms with Gasteiger partial charge in [-0.15, -0.1) is 11.6 Å². The normalized spacial score (nSPS) is 23.5. The number of halogens is 1. The number of unbranched alkanes of at least 4 members (excludes halogenated alkanes) is 3. The van der Waals surface area contributed by atoms with Gasteiger partial charge in [-0.3, -0.25) is 9.59 Å². The molecule has 0 bridgehead atoms. The summed E-state index contributed by atoms with van der Waals surface area (Å²) in [5.74, 6) is -0.352. The molecule has 0 aliphatic heterocycles. The van der Waals surface area contributed by atoms with E-state index in [1.165, 1.54) is 14.0 Å². The molecular weight excluding hydrogens is 440 g/mol. The van der Waals surface area contributed by atoms with E-state index in [2.05, 4.69) is 23.8 Å². The van der Waals surface area contributed by atoms with Gasteiger partial charge in [-0.25, -0.2) is 0 Å². The molecule has 0 aromatic heterocycles. The number of hydrogen-bond donors (Lipinski definition) is 1. The number of carbonyl (C=O) groups is 2. The lowest BCUT2D eigenvalue weighted by Crippen LogP contribution is -2.18. The molecule has 0 saturated heterocycles. The fourth-order valence-corrected chi connectivity index (χ4v) is 5.11. The molecule has 184 valence electrons. The first-order valence-electron chi connectivity index (χ1n) is 12.2. The van der Waals surface area contributed by atoms with Crippen LogP contribution in [-0.4, -0.2) is 35.6 Å². The Hall–Kier alpha value is -1.85. The smallest absolute Gasteiger partial charge is 0.305 e. The molecule has 1 saturated carbocycles. The summed E-state index contributed by atoms with van der Waals surface area (Å²) >= 11 is 6.62. The SMILES string of the molecule is CCCCCC(OC(C)=O)c1ccc([C@H]2C(O)C[C@@H](Cl)[C@@H]2CC=CCCCC(=O)OC)cc1. The van der Waals surface area contributed by atoms with Gasteiger partial charge in [-0.2, -0.15) is 0 Å². The van der Waals surface area contributed by atoms with Crippen LogP contribution in [0.2, 0.25) is 0 Å². The summed E-state index contributed by atoms with van der Waals surface area (Å²) in [5, 5.41) is 10.6. The molecular formula is C27H39ClO5. The van der Waals surface area contributed by atoms with Crippen LogP contribution >= 0.6 is 11.6 Å². The minimum atomic E-state index is -0.482. The van der Waals surface area contributed by atoms with Gasteiger partial charge in [0, 0.05) is 24.6 Å². The standard InChI is InChI=1S/C27H39ClO5/c1-4-5-8-12-25(33-19(2)29)20-14-16-21(17-15-20)27-22(23(28)18-24(27)30)11-9-6-7-10-13-26(31)32-3/h6,9,14-17,22-25,27,30H,4-5,7-8,10-13,18H2,1-3H3/t22-,23+,24?,25?,27+/m0/s1. The molecule has 0 radical (unpaired) electrons. The van der Waals surface area contributed by atoms with E-state index in [-0.39, 0.29) is 35.3 Å². The summed E-state index contributed by atoms with van der Waals surface area (Å²) < 4.78 is 10.2. The van der Waals surface area contributed by atoms with Crippen LogP contribution in [0.15, 0.2) is 36.4 Å². The van der Waals surface area contributed by atoms with E-state index in [1.807, 2.05) is 24.3 Å². The van der Waals surface area contributed by atoms with E-state index in [9.17, 15) is 14.7 Å². The average molecular weight is 479 g/mol. The number of ether oxygens (including phenoxy) is 2. The lowest BCUT2D eigenvalue weighted by Gasteiger charge is -2.24. The lowest BCUT2D eigenvalue weighted by atomic mass is 9.84. The molecule has 33 heavy (non-hydrogen) atoms. The lowest BCUT2D eigenvalue weighted by molar-refractivity contribution is -0.147. The molecule has 1 N–H and O–H groups in total. The monoisotopic (exact) mass is 478 g/mol. The van der Waals surface area contributed by atoms with Gasteiger partial charge in [-0.05, 0) is 55.6 Å². The molecule has 5 atom stereocenters. The zero-order valence-electron chi connectivity index (χ0n) is 20.2. The van der Waals surface area contributed by atoms with Crippen LogP contribution in [0.5, 0.6) is 0 Å². The fourth-order valence-electron chi connectivity index (χ4n) is 4.67. The van der Waals surface area contributed by atoms with Crippen LogP contribution in [0.3, 0.4) is 0 Å². The molecule has 0 heterocycles. The number of rotatable bonds is 13. The number of benzene rings is 1. The molecule has 1 aromatic rings. The maximum Gasteiger partial charge on any atom is 0.305 e. The maximum absolute atomic E-state index is 11.6. The van der Waals surface area contributed by atoms with Gasteiger partial charge in [0.1, 0.15) is 6.10 Å². The van der Waals surface area contributed by atoms with Gasteiger partial charge < -0.3 is 14.6 Å². The van der Waals surface area contributed by atoms with Crippen LogP contribution in [-0.2, 0) is 19.1 Å². The van der Waals surface area contributed by atoms with Gasteiger partial charge in [0.15, 0.2) is 0 Å². The number of carbonyl (C=O) groups excluding carboxylic acids is 2. The minimum Gasteiger partial charge on any atom is -0.469 e. The summed E-state index contributed by atoms with van der Waals surface area (Å²) in [6.45, 7) is 3.60. The number of esters is 2. The second-order valence-corrected chi connectivity index (χ2v) is 9.51. The molecule has 1 fully saturated rings. The number of aliphatic hydroxyl groups is 1. The van der Waals surface area contributed by atoms with Gasteiger partial charge in [0.2, 0.25) is 0 Å². The van der Waals surface area contributed by atoms with E-state index in [0.717, 1.165) is 56.1 Å². The first kappa shape index (κ1) is 27.4. The van der Waals surface area contributed by atoms with Crippen molar-refractivity contribution in [2.75, 3.05) is 7.11 Å². The molecule has 1 aliphatic rings. The molecule has 2 rings (SSSR count). The van der Waals surface area contributed by atoms with Crippen molar-refractivity contribution in [3.8, 4) is 0 Å². The third-order valence-electron chi connectivity index (χ3n) is 6.43. The second-order valence-electron chi connectivity index (χ2n) is 8.94. The number of aliphatic hydroxyl groups excluding tert-OH is 1. The Bertz CT molecular complexity index is 760. The zero-order chi connectivity index (χ0) is 24.2. The van der Waals surface area contributed by atoms with Crippen molar-refractivity contribution in [3.63, 3.8) is 0 Å². The van der Waals surface area contributed by atoms with E-state index >= 15 is 0 Å². The van der Waals surface area contributed by atoms with Crippen LogP contribution < -0.4 is 0 Å².